The lowest BCUT2D eigenvalue weighted by Gasteiger charge is -2.13. The summed E-state index contributed by atoms with van der Waals surface area (Å²) >= 11 is 0. The highest BCUT2D eigenvalue weighted by molar-refractivity contribution is 5.83. The third-order valence-electron chi connectivity index (χ3n) is 1.52. The monoisotopic (exact) mass is 114 g/mol. The third-order valence-corrected chi connectivity index (χ3v) is 1.52. The molecule has 0 amide bonds. The summed E-state index contributed by atoms with van der Waals surface area (Å²) in [5.41, 5.74) is 0. The van der Waals surface area contributed by atoms with Crippen molar-refractivity contribution in [1.29, 1.82) is 0 Å². The van der Waals surface area contributed by atoms with Crippen LogP contribution in [0.25, 0.3) is 0 Å². The second-order valence-electron chi connectivity index (χ2n) is 2.23. The molecule has 0 unspecified atom stereocenters. The Balaban J connectivity index is 2.39. The highest BCUT2D eigenvalue weighted by Gasteiger charge is 2.18. The molecule has 2 nitrogen and oxygen atoms in total. The highest BCUT2D eigenvalue weighted by Crippen LogP contribution is 2.13. The van der Waals surface area contributed by atoms with E-state index in [0.29, 0.717) is 12.8 Å². The van der Waals surface area contributed by atoms with Crippen LogP contribution < -0.4 is 0 Å². The van der Waals surface area contributed by atoms with Crippen LogP contribution in [0.1, 0.15) is 25.7 Å². The number of carbonyl (C=O) groups is 1. The van der Waals surface area contributed by atoms with Gasteiger partial charge in [-0.25, -0.2) is 0 Å². The number of ketones is 1. The molecule has 0 aliphatic heterocycles. The molecule has 0 saturated heterocycles. The second kappa shape index (κ2) is 2.27. The number of aliphatic hydroxyl groups excluding tert-OH is 1. The second-order valence-corrected chi connectivity index (χ2v) is 2.23. The van der Waals surface area contributed by atoms with Crippen LogP contribution in [0, 0.1) is 0 Å². The summed E-state index contributed by atoms with van der Waals surface area (Å²) in [7, 11) is 0. The first-order valence-electron chi connectivity index (χ1n) is 3.01. The van der Waals surface area contributed by atoms with Crippen LogP contribution in [0.2, 0.25) is 0 Å². The van der Waals surface area contributed by atoms with Gasteiger partial charge in [0.15, 0.2) is 5.78 Å². The van der Waals surface area contributed by atoms with Crippen molar-refractivity contribution < 1.29 is 9.90 Å². The molecule has 0 spiro atoms. The van der Waals surface area contributed by atoms with E-state index in [1.54, 1.807) is 0 Å². The maximum Gasteiger partial charge on any atom is 0.161 e. The molecule has 46 valence electrons. The van der Waals surface area contributed by atoms with Crippen LogP contribution in [0.15, 0.2) is 0 Å². The number of Topliss-reactive ketones (excluding diaryl/α,β-unsaturated/α-hetero) is 1. The van der Waals surface area contributed by atoms with Crippen LogP contribution in [0.4, 0.5) is 0 Å². The predicted molar refractivity (Wildman–Crippen MR) is 29.5 cm³/mol. The molecule has 0 bridgehead atoms. The van der Waals surface area contributed by atoms with Gasteiger partial charge in [0, 0.05) is 6.42 Å². The van der Waals surface area contributed by atoms with E-state index in [9.17, 15) is 4.79 Å². The molecule has 1 aliphatic carbocycles. The molecule has 0 radical (unpaired) electrons. The molecule has 0 aromatic rings. The van der Waals surface area contributed by atoms with E-state index in [0.717, 1.165) is 12.8 Å². The third kappa shape index (κ3) is 1.07. The lowest BCUT2D eigenvalue weighted by atomic mass is 9.97. The molecule has 0 aromatic heterocycles. The van der Waals surface area contributed by atoms with Gasteiger partial charge in [0.2, 0.25) is 0 Å². The minimum atomic E-state index is -0.635. The molecule has 2 heteroatoms. The van der Waals surface area contributed by atoms with E-state index in [1.807, 2.05) is 0 Å². The molecule has 1 fully saturated rings. The van der Waals surface area contributed by atoms with Crippen molar-refractivity contribution >= 4 is 5.78 Å². The number of rotatable bonds is 0. The summed E-state index contributed by atoms with van der Waals surface area (Å²) in [6, 6.07) is 0. The first kappa shape index (κ1) is 5.76. The van der Waals surface area contributed by atoms with Gasteiger partial charge in [-0.2, -0.15) is 0 Å². The number of carbonyl (C=O) groups excluding carboxylic acids is 1. The van der Waals surface area contributed by atoms with Gasteiger partial charge in [-0.05, 0) is 19.3 Å². The van der Waals surface area contributed by atoms with Crippen molar-refractivity contribution in [2.24, 2.45) is 0 Å². The van der Waals surface area contributed by atoms with Gasteiger partial charge in [-0.1, -0.05) is 0 Å². The largest absolute Gasteiger partial charge is 0.385 e. The summed E-state index contributed by atoms with van der Waals surface area (Å²) in [4.78, 5) is 10.5. The van der Waals surface area contributed by atoms with Gasteiger partial charge >= 0.3 is 0 Å². The Kier molecular flexibility index (Phi) is 1.63. The zero-order valence-electron chi connectivity index (χ0n) is 4.76. The number of hydrogen-bond acceptors (Lipinski definition) is 2. The Hall–Kier alpha value is -0.370. The van der Waals surface area contributed by atoms with E-state index < -0.39 is 6.10 Å². The van der Waals surface area contributed by atoms with Gasteiger partial charge in [0.1, 0.15) is 6.10 Å². The molecular formula is C6H10O2. The topological polar surface area (TPSA) is 37.3 Å². The molecule has 1 saturated carbocycles. The Morgan fingerprint density at radius 3 is 2.62 bits per heavy atom. The smallest absolute Gasteiger partial charge is 0.161 e. The molecule has 1 aliphatic rings. The van der Waals surface area contributed by atoms with Crippen molar-refractivity contribution in [3.63, 3.8) is 0 Å². The minimum absolute atomic E-state index is 0.0243. The van der Waals surface area contributed by atoms with Gasteiger partial charge in [0.05, 0.1) is 0 Å². The van der Waals surface area contributed by atoms with Gasteiger partial charge in [-0.3, -0.25) is 4.79 Å². The molecule has 1 atom stereocenters. The summed E-state index contributed by atoms with van der Waals surface area (Å²) in [5.74, 6) is 0.0243. The lowest BCUT2D eigenvalue weighted by molar-refractivity contribution is -0.129. The van der Waals surface area contributed by atoms with Crippen molar-refractivity contribution in [2.75, 3.05) is 0 Å². The molecular weight excluding hydrogens is 104 g/mol. The zero-order chi connectivity index (χ0) is 5.98. The Morgan fingerprint density at radius 1 is 1.50 bits per heavy atom. The van der Waals surface area contributed by atoms with Crippen molar-refractivity contribution in [3.05, 3.63) is 0 Å². The van der Waals surface area contributed by atoms with Gasteiger partial charge in [0.25, 0.3) is 0 Å². The fourth-order valence-electron chi connectivity index (χ4n) is 0.965. The van der Waals surface area contributed by atoms with E-state index >= 15 is 0 Å². The van der Waals surface area contributed by atoms with Crippen LogP contribution in [-0.2, 0) is 4.79 Å². The summed E-state index contributed by atoms with van der Waals surface area (Å²) < 4.78 is 0. The van der Waals surface area contributed by atoms with Crippen LogP contribution in [-0.4, -0.2) is 17.0 Å². The van der Waals surface area contributed by atoms with E-state index in [2.05, 4.69) is 0 Å². The standard InChI is InChI=1S/C6H10O2/c7-5-3-1-2-4-6(5)8/h5,7H,1-4H2/t5-/m1/s1. The molecule has 8 heavy (non-hydrogen) atoms. The molecule has 1 rings (SSSR count). The Labute approximate surface area is 48.5 Å². The van der Waals surface area contributed by atoms with Crippen molar-refractivity contribution in [2.45, 2.75) is 31.8 Å². The fraction of sp³-hybridized carbons (Fsp3) is 0.833. The normalized spacial score (nSPS) is 30.6. The summed E-state index contributed by atoms with van der Waals surface area (Å²) in [6.45, 7) is 0. The Morgan fingerprint density at radius 2 is 2.25 bits per heavy atom. The predicted octanol–water partition coefficient (Wildman–Crippen LogP) is 0.490. The average molecular weight is 114 g/mol. The summed E-state index contributed by atoms with van der Waals surface area (Å²) in [6.07, 6.45) is 2.60. The molecule has 0 heterocycles. The van der Waals surface area contributed by atoms with Gasteiger partial charge in [-0.15, -0.1) is 0 Å². The summed E-state index contributed by atoms with van der Waals surface area (Å²) in [5, 5.41) is 8.83. The first-order valence-corrected chi connectivity index (χ1v) is 3.01. The van der Waals surface area contributed by atoms with Crippen LogP contribution in [0.3, 0.4) is 0 Å². The van der Waals surface area contributed by atoms with Crippen molar-refractivity contribution in [1.82, 2.24) is 0 Å². The SMILES string of the molecule is O=C1CCCC[C@H]1O. The zero-order valence-corrected chi connectivity index (χ0v) is 4.76. The van der Waals surface area contributed by atoms with E-state index in [4.69, 9.17) is 5.11 Å². The maximum atomic E-state index is 10.5. The number of aliphatic hydroxyl groups is 1. The highest BCUT2D eigenvalue weighted by atomic mass is 16.3. The number of hydrogen-bond donors (Lipinski definition) is 1. The molecule has 1 N–H and O–H groups in total. The van der Waals surface area contributed by atoms with Crippen LogP contribution in [0.5, 0.6) is 0 Å². The Bertz CT molecular complexity index is 98.7. The van der Waals surface area contributed by atoms with Crippen LogP contribution >= 0.6 is 0 Å². The van der Waals surface area contributed by atoms with E-state index in [-0.39, 0.29) is 5.78 Å². The fourth-order valence-corrected chi connectivity index (χ4v) is 0.965. The maximum absolute atomic E-state index is 10.5. The quantitative estimate of drug-likeness (QED) is 0.497. The molecule has 0 aromatic carbocycles. The van der Waals surface area contributed by atoms with E-state index in [1.165, 1.54) is 0 Å². The average Bonchev–Trinajstić information content (AvgIpc) is 1.77. The van der Waals surface area contributed by atoms with Gasteiger partial charge < -0.3 is 5.11 Å². The first-order chi connectivity index (χ1) is 3.80. The van der Waals surface area contributed by atoms with Crippen molar-refractivity contribution in [3.8, 4) is 0 Å². The minimum Gasteiger partial charge on any atom is -0.385 e. The lowest BCUT2D eigenvalue weighted by Crippen LogP contribution is -2.23.